The van der Waals surface area contributed by atoms with Gasteiger partial charge in [0.05, 0.1) is 6.04 Å². The van der Waals surface area contributed by atoms with Crippen LogP contribution in [0.15, 0.2) is 4.99 Å². The van der Waals surface area contributed by atoms with Gasteiger partial charge in [-0.05, 0) is 24.5 Å². The molecule has 0 saturated carbocycles. The molecule has 1 N–H and O–H groups in total. The second-order valence-electron chi connectivity index (χ2n) is 4.73. The largest absolute Gasteiger partial charge is 0.361 e. The number of nitrogens with zero attached hydrogens (tertiary/aromatic N) is 1. The molecule has 2 unspecified atom stereocenters. The lowest BCUT2D eigenvalue weighted by molar-refractivity contribution is 0.528. The molecular formula is C11H20N2S2. The second-order valence-corrected chi connectivity index (χ2v) is 6.89. The molecule has 0 aromatic heterocycles. The zero-order chi connectivity index (χ0) is 10.7. The molecular weight excluding hydrogens is 224 g/mol. The molecule has 0 aromatic rings. The average Bonchev–Trinajstić information content (AvgIpc) is 2.77. The van der Waals surface area contributed by atoms with Crippen molar-refractivity contribution >= 4 is 28.7 Å². The first-order valence-corrected chi connectivity index (χ1v) is 7.93. The van der Waals surface area contributed by atoms with Crippen molar-refractivity contribution in [1.29, 1.82) is 0 Å². The SMILES string of the molecule is CC(C)CC1CSC(NC2CCSC2)=N1. The van der Waals surface area contributed by atoms with Crippen LogP contribution in [-0.2, 0) is 0 Å². The maximum atomic E-state index is 4.75. The summed E-state index contributed by atoms with van der Waals surface area (Å²) in [5.41, 5.74) is 0. The van der Waals surface area contributed by atoms with Gasteiger partial charge in [-0.2, -0.15) is 11.8 Å². The Morgan fingerprint density at radius 3 is 3.00 bits per heavy atom. The van der Waals surface area contributed by atoms with E-state index in [9.17, 15) is 0 Å². The fourth-order valence-electron chi connectivity index (χ4n) is 1.98. The van der Waals surface area contributed by atoms with Gasteiger partial charge in [-0.3, -0.25) is 4.99 Å². The van der Waals surface area contributed by atoms with E-state index in [1.54, 1.807) is 0 Å². The zero-order valence-electron chi connectivity index (χ0n) is 9.53. The van der Waals surface area contributed by atoms with E-state index >= 15 is 0 Å². The van der Waals surface area contributed by atoms with Gasteiger partial charge in [0.2, 0.25) is 0 Å². The number of nitrogens with one attached hydrogen (secondary N) is 1. The Labute approximate surface area is 101 Å². The first-order chi connectivity index (χ1) is 7.24. The normalized spacial score (nSPS) is 31.0. The van der Waals surface area contributed by atoms with E-state index in [4.69, 9.17) is 4.99 Å². The molecule has 0 aromatic carbocycles. The maximum Gasteiger partial charge on any atom is 0.157 e. The van der Waals surface area contributed by atoms with Crippen LogP contribution < -0.4 is 5.32 Å². The molecule has 2 rings (SSSR count). The fourth-order valence-corrected chi connectivity index (χ4v) is 4.17. The molecule has 2 aliphatic heterocycles. The number of hydrogen-bond donors (Lipinski definition) is 1. The van der Waals surface area contributed by atoms with Gasteiger partial charge in [-0.1, -0.05) is 25.6 Å². The van der Waals surface area contributed by atoms with Crippen molar-refractivity contribution in [3.05, 3.63) is 0 Å². The summed E-state index contributed by atoms with van der Waals surface area (Å²) in [7, 11) is 0. The first-order valence-electron chi connectivity index (χ1n) is 5.79. The highest BCUT2D eigenvalue weighted by Gasteiger charge is 2.22. The van der Waals surface area contributed by atoms with Gasteiger partial charge in [-0.25, -0.2) is 0 Å². The van der Waals surface area contributed by atoms with Crippen LogP contribution in [-0.4, -0.2) is 34.5 Å². The van der Waals surface area contributed by atoms with E-state index < -0.39 is 0 Å². The van der Waals surface area contributed by atoms with Crippen LogP contribution in [0.3, 0.4) is 0 Å². The van der Waals surface area contributed by atoms with Crippen LogP contribution in [0.25, 0.3) is 0 Å². The zero-order valence-corrected chi connectivity index (χ0v) is 11.2. The third-order valence-corrected chi connectivity index (χ3v) is 4.92. The molecule has 15 heavy (non-hydrogen) atoms. The van der Waals surface area contributed by atoms with Crippen LogP contribution in [0.2, 0.25) is 0 Å². The van der Waals surface area contributed by atoms with Crippen molar-refractivity contribution in [2.75, 3.05) is 17.3 Å². The molecule has 2 atom stereocenters. The third-order valence-electron chi connectivity index (χ3n) is 2.71. The number of hydrogen-bond acceptors (Lipinski definition) is 4. The summed E-state index contributed by atoms with van der Waals surface area (Å²) in [4.78, 5) is 4.75. The molecule has 86 valence electrons. The molecule has 2 nitrogen and oxygen atoms in total. The van der Waals surface area contributed by atoms with E-state index in [0.29, 0.717) is 12.1 Å². The predicted molar refractivity (Wildman–Crippen MR) is 72.0 cm³/mol. The van der Waals surface area contributed by atoms with Gasteiger partial charge in [0, 0.05) is 17.5 Å². The summed E-state index contributed by atoms with van der Waals surface area (Å²) in [6.45, 7) is 4.55. The van der Waals surface area contributed by atoms with Crippen molar-refractivity contribution in [3.63, 3.8) is 0 Å². The van der Waals surface area contributed by atoms with E-state index in [1.807, 2.05) is 11.8 Å². The Morgan fingerprint density at radius 1 is 1.47 bits per heavy atom. The van der Waals surface area contributed by atoms with E-state index in [0.717, 1.165) is 5.92 Å². The van der Waals surface area contributed by atoms with Gasteiger partial charge in [0.15, 0.2) is 5.17 Å². The molecule has 4 heteroatoms. The van der Waals surface area contributed by atoms with E-state index in [-0.39, 0.29) is 0 Å². The lowest BCUT2D eigenvalue weighted by atomic mass is 10.1. The lowest BCUT2D eigenvalue weighted by Crippen LogP contribution is -2.32. The Balaban J connectivity index is 1.78. The molecule has 0 amide bonds. The van der Waals surface area contributed by atoms with Gasteiger partial charge < -0.3 is 5.32 Å². The molecule has 2 heterocycles. The summed E-state index contributed by atoms with van der Waals surface area (Å²) in [5.74, 6) is 4.51. The highest BCUT2D eigenvalue weighted by atomic mass is 32.2. The predicted octanol–water partition coefficient (Wildman–Crippen LogP) is 2.60. The van der Waals surface area contributed by atoms with Crippen LogP contribution >= 0.6 is 23.5 Å². The lowest BCUT2D eigenvalue weighted by Gasteiger charge is -2.11. The van der Waals surface area contributed by atoms with Gasteiger partial charge in [-0.15, -0.1) is 0 Å². The first kappa shape index (κ1) is 11.6. The minimum Gasteiger partial charge on any atom is -0.361 e. The molecule has 1 saturated heterocycles. The van der Waals surface area contributed by atoms with Crippen LogP contribution in [0, 0.1) is 5.92 Å². The standard InChI is InChI=1S/C11H20N2S2/c1-8(2)5-10-7-15-11(13-10)12-9-3-4-14-6-9/h8-10H,3-7H2,1-2H3,(H,12,13). The van der Waals surface area contributed by atoms with Crippen LogP contribution in [0.1, 0.15) is 26.7 Å². The summed E-state index contributed by atoms with van der Waals surface area (Å²) in [6.07, 6.45) is 2.54. The minimum atomic E-state index is 0.562. The minimum absolute atomic E-state index is 0.562. The summed E-state index contributed by atoms with van der Waals surface area (Å²) < 4.78 is 0. The quantitative estimate of drug-likeness (QED) is 0.826. The smallest absolute Gasteiger partial charge is 0.157 e. The van der Waals surface area contributed by atoms with Gasteiger partial charge in [0.25, 0.3) is 0 Å². The Kier molecular flexibility index (Phi) is 4.26. The molecule has 1 fully saturated rings. The third kappa shape index (κ3) is 3.59. The monoisotopic (exact) mass is 244 g/mol. The van der Waals surface area contributed by atoms with Crippen molar-refractivity contribution in [1.82, 2.24) is 5.32 Å². The molecule has 0 bridgehead atoms. The molecule has 2 aliphatic rings. The number of aliphatic imine (C=N–C) groups is 1. The van der Waals surface area contributed by atoms with Gasteiger partial charge >= 0.3 is 0 Å². The number of amidine groups is 1. The van der Waals surface area contributed by atoms with Crippen LogP contribution in [0.4, 0.5) is 0 Å². The van der Waals surface area contributed by atoms with Crippen molar-refractivity contribution < 1.29 is 0 Å². The summed E-state index contributed by atoms with van der Waals surface area (Å²) >= 11 is 3.96. The molecule has 0 aliphatic carbocycles. The number of thioether (sulfide) groups is 2. The highest BCUT2D eigenvalue weighted by molar-refractivity contribution is 8.14. The van der Waals surface area contributed by atoms with E-state index in [2.05, 4.69) is 30.9 Å². The van der Waals surface area contributed by atoms with Gasteiger partial charge in [0.1, 0.15) is 0 Å². The molecule has 0 radical (unpaired) electrons. The summed E-state index contributed by atoms with van der Waals surface area (Å²) in [6, 6.07) is 1.24. The Morgan fingerprint density at radius 2 is 2.33 bits per heavy atom. The average molecular weight is 244 g/mol. The van der Waals surface area contributed by atoms with E-state index in [1.165, 1.54) is 35.3 Å². The highest BCUT2D eigenvalue weighted by Crippen LogP contribution is 2.24. The molecule has 0 spiro atoms. The van der Waals surface area contributed by atoms with Crippen LogP contribution in [0.5, 0.6) is 0 Å². The maximum absolute atomic E-state index is 4.75. The van der Waals surface area contributed by atoms with Crippen molar-refractivity contribution in [2.45, 2.75) is 38.8 Å². The van der Waals surface area contributed by atoms with Crippen molar-refractivity contribution in [2.24, 2.45) is 10.9 Å². The summed E-state index contributed by atoms with van der Waals surface area (Å²) in [5, 5.41) is 4.78. The Bertz CT molecular complexity index is 235. The Hall–Kier alpha value is 0.170. The number of rotatable bonds is 3. The fraction of sp³-hybridized carbons (Fsp3) is 0.909. The van der Waals surface area contributed by atoms with Crippen molar-refractivity contribution in [3.8, 4) is 0 Å². The topological polar surface area (TPSA) is 24.4 Å². The second kappa shape index (κ2) is 5.48.